The quantitative estimate of drug-likeness (QED) is 0.842. The molecule has 1 heterocycles. The van der Waals surface area contributed by atoms with E-state index in [1.807, 2.05) is 12.4 Å². The molecule has 0 unspecified atom stereocenters. The van der Waals surface area contributed by atoms with E-state index in [-0.39, 0.29) is 0 Å². The molecular weight excluding hydrogens is 222 g/mol. The van der Waals surface area contributed by atoms with Crippen LogP contribution in [0.15, 0.2) is 42.7 Å². The highest BCUT2D eigenvalue weighted by Gasteiger charge is 1.97. The van der Waals surface area contributed by atoms with Crippen LogP contribution in [0.4, 0.5) is 11.4 Å². The van der Waals surface area contributed by atoms with Gasteiger partial charge in [-0.25, -0.2) is 0 Å². The molecule has 2 rings (SSSR count). The third kappa shape index (κ3) is 3.48. The van der Waals surface area contributed by atoms with Crippen LogP contribution in [0.5, 0.6) is 0 Å². The van der Waals surface area contributed by atoms with Gasteiger partial charge >= 0.3 is 0 Å². The zero-order valence-corrected chi connectivity index (χ0v) is 10.9. The number of pyridine rings is 1. The van der Waals surface area contributed by atoms with Crippen LogP contribution in [0.2, 0.25) is 0 Å². The van der Waals surface area contributed by atoms with Gasteiger partial charge in [0.05, 0.1) is 23.8 Å². The number of nitrogens with zero attached hydrogens (tertiary/aromatic N) is 1. The Bertz CT molecular complexity index is 509. The van der Waals surface area contributed by atoms with E-state index in [9.17, 15) is 0 Å². The van der Waals surface area contributed by atoms with E-state index >= 15 is 0 Å². The van der Waals surface area contributed by atoms with Gasteiger partial charge in [0.25, 0.3) is 0 Å². The van der Waals surface area contributed by atoms with E-state index in [0.29, 0.717) is 0 Å². The van der Waals surface area contributed by atoms with E-state index in [4.69, 9.17) is 0 Å². The number of aromatic nitrogens is 1. The highest BCUT2D eigenvalue weighted by atomic mass is 14.9. The summed E-state index contributed by atoms with van der Waals surface area (Å²) in [5.41, 5.74) is 4.65. The second-order valence-corrected chi connectivity index (χ2v) is 4.34. The van der Waals surface area contributed by atoms with Gasteiger partial charge in [-0.2, -0.15) is 0 Å². The van der Waals surface area contributed by atoms with Gasteiger partial charge in [-0.05, 0) is 25.5 Å². The van der Waals surface area contributed by atoms with Crippen molar-refractivity contribution in [3.05, 3.63) is 53.9 Å². The molecule has 94 valence electrons. The summed E-state index contributed by atoms with van der Waals surface area (Å²) >= 11 is 0. The monoisotopic (exact) mass is 241 g/mol. The van der Waals surface area contributed by atoms with Gasteiger partial charge in [0.1, 0.15) is 0 Å². The molecule has 0 aliphatic rings. The Balaban J connectivity index is 1.99. The van der Waals surface area contributed by atoms with Gasteiger partial charge in [0.2, 0.25) is 0 Å². The van der Waals surface area contributed by atoms with E-state index in [1.54, 1.807) is 0 Å². The molecule has 0 aliphatic carbocycles. The predicted octanol–water partition coefficient (Wildman–Crippen LogP) is 3.43. The lowest BCUT2D eigenvalue weighted by Crippen LogP contribution is -2.02. The first kappa shape index (κ1) is 12.4. The number of rotatable bonds is 5. The van der Waals surface area contributed by atoms with Crippen molar-refractivity contribution in [2.45, 2.75) is 20.4 Å². The lowest BCUT2D eigenvalue weighted by atomic mass is 10.1. The minimum atomic E-state index is 0.818. The van der Waals surface area contributed by atoms with E-state index in [1.165, 1.54) is 11.1 Å². The van der Waals surface area contributed by atoms with Gasteiger partial charge in [-0.3, -0.25) is 4.98 Å². The van der Waals surface area contributed by atoms with Crippen LogP contribution in [0.1, 0.15) is 18.1 Å². The van der Waals surface area contributed by atoms with Gasteiger partial charge in [-0.15, -0.1) is 0 Å². The average Bonchev–Trinajstić information content (AvgIpc) is 2.37. The smallest absolute Gasteiger partial charge is 0.0550 e. The maximum Gasteiger partial charge on any atom is 0.0550 e. The summed E-state index contributed by atoms with van der Waals surface area (Å²) in [5.74, 6) is 0. The molecule has 2 aromatic rings. The molecule has 0 atom stereocenters. The van der Waals surface area contributed by atoms with E-state index < -0.39 is 0 Å². The molecular formula is C15H19N3. The first-order chi connectivity index (χ1) is 8.78. The lowest BCUT2D eigenvalue weighted by molar-refractivity contribution is 1.12. The summed E-state index contributed by atoms with van der Waals surface area (Å²) in [6.45, 7) is 5.91. The summed E-state index contributed by atoms with van der Waals surface area (Å²) in [7, 11) is 0. The second-order valence-electron chi connectivity index (χ2n) is 4.34. The van der Waals surface area contributed by atoms with Gasteiger partial charge < -0.3 is 10.6 Å². The van der Waals surface area contributed by atoms with Crippen molar-refractivity contribution in [1.82, 2.24) is 4.98 Å². The van der Waals surface area contributed by atoms with Crippen molar-refractivity contribution < 1.29 is 0 Å². The summed E-state index contributed by atoms with van der Waals surface area (Å²) in [6.07, 6.45) is 3.68. The van der Waals surface area contributed by atoms with Crippen molar-refractivity contribution in [1.29, 1.82) is 0 Å². The fraction of sp³-hybridized carbons (Fsp3) is 0.267. The Kier molecular flexibility index (Phi) is 4.18. The maximum absolute atomic E-state index is 4.21. The van der Waals surface area contributed by atoms with Gasteiger partial charge in [0, 0.05) is 13.1 Å². The second kappa shape index (κ2) is 6.05. The molecule has 1 aromatic carbocycles. The molecule has 1 aromatic heterocycles. The summed E-state index contributed by atoms with van der Waals surface area (Å²) < 4.78 is 0. The maximum atomic E-state index is 4.21. The SMILES string of the molecule is CCNc1cncc(NCc2cccc(C)c2)c1. The third-order valence-electron chi connectivity index (χ3n) is 2.70. The molecule has 0 bridgehead atoms. The van der Waals surface area contributed by atoms with Crippen LogP contribution < -0.4 is 10.6 Å². The first-order valence-corrected chi connectivity index (χ1v) is 6.26. The predicted molar refractivity (Wildman–Crippen MR) is 76.9 cm³/mol. The topological polar surface area (TPSA) is 37.0 Å². The number of aryl methyl sites for hydroxylation is 1. The largest absolute Gasteiger partial charge is 0.384 e. The number of benzene rings is 1. The first-order valence-electron chi connectivity index (χ1n) is 6.26. The minimum absolute atomic E-state index is 0.818. The molecule has 3 heteroatoms. The molecule has 0 amide bonds. The van der Waals surface area contributed by atoms with Crippen LogP contribution >= 0.6 is 0 Å². The van der Waals surface area contributed by atoms with Gasteiger partial charge in [0.15, 0.2) is 0 Å². The molecule has 2 N–H and O–H groups in total. The zero-order valence-electron chi connectivity index (χ0n) is 10.9. The van der Waals surface area contributed by atoms with Crippen LogP contribution in [-0.2, 0) is 6.54 Å². The molecule has 0 saturated carbocycles. The number of anilines is 2. The van der Waals surface area contributed by atoms with E-state index in [0.717, 1.165) is 24.5 Å². The van der Waals surface area contributed by atoms with Crippen molar-refractivity contribution >= 4 is 11.4 Å². The number of hydrogen-bond acceptors (Lipinski definition) is 3. The van der Waals surface area contributed by atoms with Crippen molar-refractivity contribution in [3.8, 4) is 0 Å². The van der Waals surface area contributed by atoms with E-state index in [2.05, 4.69) is 59.8 Å². The Labute approximate surface area is 108 Å². The van der Waals surface area contributed by atoms with Crippen LogP contribution in [0.25, 0.3) is 0 Å². The number of nitrogens with one attached hydrogen (secondary N) is 2. The fourth-order valence-electron chi connectivity index (χ4n) is 1.86. The highest BCUT2D eigenvalue weighted by molar-refractivity contribution is 5.54. The van der Waals surface area contributed by atoms with Gasteiger partial charge in [-0.1, -0.05) is 29.8 Å². The molecule has 0 aliphatic heterocycles. The molecule has 3 nitrogen and oxygen atoms in total. The highest BCUT2D eigenvalue weighted by Crippen LogP contribution is 2.14. The zero-order chi connectivity index (χ0) is 12.8. The normalized spacial score (nSPS) is 10.1. The van der Waals surface area contributed by atoms with Crippen LogP contribution in [0, 0.1) is 6.92 Å². The average molecular weight is 241 g/mol. The standard InChI is InChI=1S/C15H19N3/c1-3-17-14-8-15(11-16-10-14)18-9-13-6-4-5-12(2)7-13/h4-8,10-11,17-18H,3,9H2,1-2H3. The van der Waals surface area contributed by atoms with Crippen LogP contribution in [0.3, 0.4) is 0 Å². The fourth-order valence-corrected chi connectivity index (χ4v) is 1.86. The van der Waals surface area contributed by atoms with Crippen molar-refractivity contribution in [2.75, 3.05) is 17.2 Å². The minimum Gasteiger partial charge on any atom is -0.384 e. The number of hydrogen-bond donors (Lipinski definition) is 2. The van der Waals surface area contributed by atoms with Crippen molar-refractivity contribution in [2.24, 2.45) is 0 Å². The summed E-state index contributed by atoms with van der Waals surface area (Å²) in [5, 5.41) is 6.64. The molecule has 0 spiro atoms. The Morgan fingerprint density at radius 1 is 1.06 bits per heavy atom. The Morgan fingerprint density at radius 3 is 2.56 bits per heavy atom. The lowest BCUT2D eigenvalue weighted by Gasteiger charge is -2.09. The molecule has 0 radical (unpaired) electrons. The molecule has 0 saturated heterocycles. The Morgan fingerprint density at radius 2 is 1.83 bits per heavy atom. The summed E-state index contributed by atoms with van der Waals surface area (Å²) in [4.78, 5) is 4.21. The molecule has 18 heavy (non-hydrogen) atoms. The van der Waals surface area contributed by atoms with Crippen molar-refractivity contribution in [3.63, 3.8) is 0 Å². The third-order valence-corrected chi connectivity index (χ3v) is 2.70. The van der Waals surface area contributed by atoms with Crippen LogP contribution in [-0.4, -0.2) is 11.5 Å². The molecule has 0 fully saturated rings. The summed E-state index contributed by atoms with van der Waals surface area (Å²) in [6, 6.07) is 10.6. The Hall–Kier alpha value is -2.03.